The number of hydrogen-bond acceptors (Lipinski definition) is 4. The zero-order valence-corrected chi connectivity index (χ0v) is 19.2. The van der Waals surface area contributed by atoms with Gasteiger partial charge in [-0.15, -0.1) is 0 Å². The van der Waals surface area contributed by atoms with Gasteiger partial charge in [0.15, 0.2) is 5.58 Å². The molecule has 1 aromatic heterocycles. The Balaban J connectivity index is 2.24. The fraction of sp³-hybridized carbons (Fsp3) is 0.400. The van der Waals surface area contributed by atoms with Crippen LogP contribution >= 0.6 is 0 Å². The van der Waals surface area contributed by atoms with E-state index in [4.69, 9.17) is 9.15 Å². The Morgan fingerprint density at radius 2 is 1.73 bits per heavy atom. The molecule has 33 heavy (non-hydrogen) atoms. The second-order valence-corrected chi connectivity index (χ2v) is 8.32. The van der Waals surface area contributed by atoms with Crippen molar-refractivity contribution in [1.82, 2.24) is 0 Å². The predicted octanol–water partition coefficient (Wildman–Crippen LogP) is 5.13. The summed E-state index contributed by atoms with van der Waals surface area (Å²) in [6, 6.07) is 7.66. The van der Waals surface area contributed by atoms with E-state index in [2.05, 4.69) is 0 Å². The monoisotopic (exact) mass is 464 g/mol. The average molecular weight is 465 g/mol. The summed E-state index contributed by atoms with van der Waals surface area (Å²) in [6.07, 6.45) is -3.23. The van der Waals surface area contributed by atoms with Gasteiger partial charge in [0, 0.05) is 0 Å². The molecule has 0 aliphatic carbocycles. The zero-order chi connectivity index (χ0) is 24.3. The Labute approximate surface area is 190 Å². The molecule has 0 atom stereocenters. The van der Waals surface area contributed by atoms with Crippen molar-refractivity contribution in [2.45, 2.75) is 53.3 Å². The van der Waals surface area contributed by atoms with Crippen LogP contribution < -0.4 is 15.1 Å². The molecule has 5 nitrogen and oxygen atoms in total. The number of aromatic hydroxyl groups is 1. The molecule has 2 N–H and O–H groups in total. The summed E-state index contributed by atoms with van der Waals surface area (Å²) in [4.78, 5) is 14.3. The second kappa shape index (κ2) is 9.87. The number of ether oxygens (including phenoxy) is 1. The van der Waals surface area contributed by atoms with E-state index >= 15 is 0 Å². The van der Waals surface area contributed by atoms with E-state index < -0.39 is 23.1 Å². The Morgan fingerprint density at radius 1 is 1.06 bits per heavy atom. The van der Waals surface area contributed by atoms with Crippen molar-refractivity contribution < 1.29 is 32.3 Å². The number of phenolic OH excluding ortho intramolecular Hbond substituents is 1. The van der Waals surface area contributed by atoms with Gasteiger partial charge < -0.3 is 19.2 Å². The highest BCUT2D eigenvalue weighted by molar-refractivity contribution is 5.83. The summed E-state index contributed by atoms with van der Waals surface area (Å²) in [5.74, 6) is -2.48. The molecule has 1 heterocycles. The third-order valence-electron chi connectivity index (χ3n) is 5.54. The Kier molecular flexibility index (Phi) is 7.37. The zero-order valence-electron chi connectivity index (χ0n) is 19.2. The van der Waals surface area contributed by atoms with Gasteiger partial charge in [-0.1, -0.05) is 26.0 Å². The van der Waals surface area contributed by atoms with E-state index in [9.17, 15) is 23.1 Å². The van der Waals surface area contributed by atoms with Crippen molar-refractivity contribution in [3.05, 3.63) is 63.0 Å². The molecule has 0 aliphatic rings. The average Bonchev–Trinajstić information content (AvgIpc) is 2.73. The quantitative estimate of drug-likeness (QED) is 0.485. The highest BCUT2D eigenvalue weighted by atomic mass is 19.4. The molecule has 0 aliphatic heterocycles. The topological polar surface area (TPSA) is 64.1 Å². The van der Waals surface area contributed by atoms with E-state index in [1.165, 1.54) is 12.1 Å². The SMILES string of the molecule is CCC[NH+](CCC)Cc1c(O)ccc2c(=O)c(Oc3cc(C)ccc3C)c(C(F)(F)F)oc12. The smallest absolute Gasteiger partial charge is 0.453 e. The van der Waals surface area contributed by atoms with E-state index in [1.807, 2.05) is 13.8 Å². The number of fused-ring (bicyclic) bond motifs is 1. The molecular formula is C25H29F3NO4+. The number of quaternary nitrogens is 1. The summed E-state index contributed by atoms with van der Waals surface area (Å²) < 4.78 is 52.8. The van der Waals surface area contributed by atoms with Crippen LogP contribution in [0.25, 0.3) is 11.0 Å². The van der Waals surface area contributed by atoms with Crippen molar-refractivity contribution in [3.8, 4) is 17.2 Å². The van der Waals surface area contributed by atoms with Gasteiger partial charge in [0.2, 0.25) is 11.2 Å². The largest absolute Gasteiger partial charge is 0.507 e. The van der Waals surface area contributed by atoms with Crippen molar-refractivity contribution in [2.24, 2.45) is 0 Å². The number of hydrogen-bond donors (Lipinski definition) is 2. The first-order valence-electron chi connectivity index (χ1n) is 11.0. The van der Waals surface area contributed by atoms with Gasteiger partial charge in [0.25, 0.3) is 5.76 Å². The number of rotatable bonds is 8. The maximum Gasteiger partial charge on any atom is 0.453 e. The lowest BCUT2D eigenvalue weighted by Gasteiger charge is -2.20. The van der Waals surface area contributed by atoms with Crippen molar-refractivity contribution in [1.29, 1.82) is 0 Å². The van der Waals surface area contributed by atoms with Crippen molar-refractivity contribution in [2.75, 3.05) is 13.1 Å². The molecule has 0 bridgehead atoms. The van der Waals surface area contributed by atoms with Crippen LogP contribution in [0.15, 0.2) is 39.5 Å². The molecule has 2 aromatic carbocycles. The van der Waals surface area contributed by atoms with Gasteiger partial charge >= 0.3 is 6.18 Å². The highest BCUT2D eigenvalue weighted by Crippen LogP contribution is 2.40. The number of aryl methyl sites for hydroxylation is 2. The van der Waals surface area contributed by atoms with Crippen LogP contribution in [0.1, 0.15) is 49.1 Å². The normalized spacial score (nSPS) is 12.0. The van der Waals surface area contributed by atoms with Crippen LogP contribution in [-0.4, -0.2) is 18.2 Å². The Morgan fingerprint density at radius 3 is 2.33 bits per heavy atom. The first kappa shape index (κ1) is 24.6. The third kappa shape index (κ3) is 5.33. The predicted molar refractivity (Wildman–Crippen MR) is 120 cm³/mol. The summed E-state index contributed by atoms with van der Waals surface area (Å²) in [7, 11) is 0. The number of halogens is 3. The van der Waals surface area contributed by atoms with Gasteiger partial charge in [0.05, 0.1) is 24.0 Å². The molecule has 8 heteroatoms. The first-order chi connectivity index (χ1) is 15.6. The molecule has 0 amide bonds. The molecular weight excluding hydrogens is 435 g/mol. The van der Waals surface area contributed by atoms with Crippen LogP contribution in [-0.2, 0) is 12.7 Å². The molecule has 178 valence electrons. The highest BCUT2D eigenvalue weighted by Gasteiger charge is 2.41. The summed E-state index contributed by atoms with van der Waals surface area (Å²) in [6.45, 7) is 9.26. The Bertz CT molecular complexity index is 1190. The van der Waals surface area contributed by atoms with Crippen LogP contribution in [0, 0.1) is 13.8 Å². The number of alkyl halides is 3. The molecule has 3 aromatic rings. The van der Waals surface area contributed by atoms with Gasteiger partial charge in [-0.2, -0.15) is 13.2 Å². The van der Waals surface area contributed by atoms with Crippen LogP contribution in [0.4, 0.5) is 13.2 Å². The minimum atomic E-state index is -4.97. The maximum atomic E-state index is 14.0. The summed E-state index contributed by atoms with van der Waals surface area (Å²) in [5, 5.41) is 10.4. The molecule has 0 fully saturated rings. The molecule has 0 saturated carbocycles. The summed E-state index contributed by atoms with van der Waals surface area (Å²) >= 11 is 0. The Hall–Kier alpha value is -3.00. The lowest BCUT2D eigenvalue weighted by molar-refractivity contribution is -0.913. The van der Waals surface area contributed by atoms with Crippen molar-refractivity contribution in [3.63, 3.8) is 0 Å². The maximum absolute atomic E-state index is 14.0. The van der Waals surface area contributed by atoms with Gasteiger partial charge in [-0.05, 0) is 56.0 Å². The second-order valence-electron chi connectivity index (χ2n) is 8.32. The van der Waals surface area contributed by atoms with Crippen LogP contribution in [0.5, 0.6) is 17.2 Å². The van der Waals surface area contributed by atoms with Gasteiger partial charge in [-0.25, -0.2) is 0 Å². The molecule has 0 unspecified atom stereocenters. The number of benzene rings is 2. The molecule has 0 radical (unpaired) electrons. The van der Waals surface area contributed by atoms with E-state index in [1.54, 1.807) is 32.0 Å². The van der Waals surface area contributed by atoms with E-state index in [0.29, 0.717) is 5.56 Å². The number of nitrogens with one attached hydrogen (secondary N) is 1. The number of phenols is 1. The van der Waals surface area contributed by atoms with Crippen molar-refractivity contribution >= 4 is 11.0 Å². The van der Waals surface area contributed by atoms with E-state index in [-0.39, 0.29) is 34.6 Å². The molecule has 3 rings (SSSR count). The van der Waals surface area contributed by atoms with Crippen LogP contribution in [0.3, 0.4) is 0 Å². The van der Waals surface area contributed by atoms with Gasteiger partial charge in [0.1, 0.15) is 18.0 Å². The lowest BCUT2D eigenvalue weighted by atomic mass is 10.1. The minimum absolute atomic E-state index is 0.0662. The van der Waals surface area contributed by atoms with Crippen LogP contribution in [0.2, 0.25) is 0 Å². The first-order valence-corrected chi connectivity index (χ1v) is 11.0. The van der Waals surface area contributed by atoms with Gasteiger partial charge in [-0.3, -0.25) is 4.79 Å². The third-order valence-corrected chi connectivity index (χ3v) is 5.54. The fourth-order valence-corrected chi connectivity index (χ4v) is 3.92. The fourth-order valence-electron chi connectivity index (χ4n) is 3.92. The summed E-state index contributed by atoms with van der Waals surface area (Å²) in [5.41, 5.74) is 0.350. The standard InChI is InChI=1S/C25H28F3NO4/c1-5-11-29(12-6-2)14-18-19(30)10-9-17-21(31)23(24(25(26,27)28)33-22(17)18)32-20-13-15(3)7-8-16(20)4/h7-10,13,30H,5-6,11-12,14H2,1-4H3/p+1. The van der Waals surface area contributed by atoms with E-state index in [0.717, 1.165) is 36.4 Å². The lowest BCUT2D eigenvalue weighted by Crippen LogP contribution is -3.10. The minimum Gasteiger partial charge on any atom is -0.507 e. The molecule has 0 saturated heterocycles. The molecule has 0 spiro atoms.